The van der Waals surface area contributed by atoms with Crippen LogP contribution in [0.25, 0.3) is 0 Å². The number of fused-ring (bicyclic) bond motifs is 1. The molecule has 5 heteroatoms. The third-order valence-corrected chi connectivity index (χ3v) is 3.09. The van der Waals surface area contributed by atoms with E-state index in [0.717, 1.165) is 23.0 Å². The Labute approximate surface area is 117 Å². The van der Waals surface area contributed by atoms with Crippen LogP contribution in [-0.4, -0.2) is 16.9 Å². The van der Waals surface area contributed by atoms with Crippen molar-refractivity contribution in [1.29, 1.82) is 0 Å². The molecule has 0 saturated carbocycles. The SMILES string of the molecule is CC1Oc2cc(N)ccc2NC1=NCc1ccccn1. The van der Waals surface area contributed by atoms with Crippen LogP contribution in [0.15, 0.2) is 47.6 Å². The number of rotatable bonds is 2. The third kappa shape index (κ3) is 2.56. The maximum Gasteiger partial charge on any atom is 0.153 e. The monoisotopic (exact) mass is 268 g/mol. The number of ether oxygens (including phenoxy) is 1. The number of anilines is 2. The molecular formula is C15H16N4O. The molecule has 5 nitrogen and oxygen atoms in total. The van der Waals surface area contributed by atoms with Crippen LogP contribution in [0.5, 0.6) is 5.75 Å². The minimum absolute atomic E-state index is 0.131. The van der Waals surface area contributed by atoms with Gasteiger partial charge >= 0.3 is 0 Å². The summed E-state index contributed by atoms with van der Waals surface area (Å²) in [6.45, 7) is 2.48. The maximum absolute atomic E-state index is 5.82. The third-order valence-electron chi connectivity index (χ3n) is 3.09. The number of hydrogen-bond donors (Lipinski definition) is 2. The molecule has 1 aliphatic rings. The van der Waals surface area contributed by atoms with Crippen LogP contribution in [0.2, 0.25) is 0 Å². The molecule has 1 unspecified atom stereocenters. The minimum atomic E-state index is -0.131. The summed E-state index contributed by atoms with van der Waals surface area (Å²) in [7, 11) is 0. The molecular weight excluding hydrogens is 252 g/mol. The van der Waals surface area contributed by atoms with Gasteiger partial charge < -0.3 is 15.8 Å². The molecule has 0 radical (unpaired) electrons. The van der Waals surface area contributed by atoms with Gasteiger partial charge in [-0.3, -0.25) is 9.98 Å². The molecule has 0 saturated heterocycles. The van der Waals surface area contributed by atoms with Crippen molar-refractivity contribution in [3.05, 3.63) is 48.3 Å². The van der Waals surface area contributed by atoms with Crippen molar-refractivity contribution >= 4 is 17.2 Å². The van der Waals surface area contributed by atoms with Gasteiger partial charge in [0, 0.05) is 18.0 Å². The summed E-state index contributed by atoms with van der Waals surface area (Å²) in [6, 6.07) is 11.3. The van der Waals surface area contributed by atoms with Crippen molar-refractivity contribution in [2.45, 2.75) is 19.6 Å². The van der Waals surface area contributed by atoms with E-state index in [4.69, 9.17) is 10.5 Å². The molecule has 3 N–H and O–H groups in total. The van der Waals surface area contributed by atoms with E-state index in [2.05, 4.69) is 15.3 Å². The molecule has 1 atom stereocenters. The molecule has 0 aliphatic carbocycles. The van der Waals surface area contributed by atoms with E-state index in [0.29, 0.717) is 12.2 Å². The second-order valence-corrected chi connectivity index (χ2v) is 4.66. The summed E-state index contributed by atoms with van der Waals surface area (Å²) in [4.78, 5) is 8.79. The predicted octanol–water partition coefficient (Wildman–Crippen LogP) is 2.46. The molecule has 1 aromatic heterocycles. The number of nitrogen functional groups attached to an aromatic ring is 1. The summed E-state index contributed by atoms with van der Waals surface area (Å²) in [5, 5.41) is 3.29. The van der Waals surface area contributed by atoms with E-state index < -0.39 is 0 Å². The largest absolute Gasteiger partial charge is 0.481 e. The summed E-state index contributed by atoms with van der Waals surface area (Å²) in [5.41, 5.74) is 8.25. The lowest BCUT2D eigenvalue weighted by atomic mass is 10.2. The second-order valence-electron chi connectivity index (χ2n) is 4.66. The second kappa shape index (κ2) is 5.21. The van der Waals surface area contributed by atoms with Gasteiger partial charge in [0.1, 0.15) is 11.6 Å². The highest BCUT2D eigenvalue weighted by Crippen LogP contribution is 2.31. The topological polar surface area (TPSA) is 72.5 Å². The molecule has 1 aromatic carbocycles. The van der Waals surface area contributed by atoms with Gasteiger partial charge in [-0.1, -0.05) is 6.07 Å². The average molecular weight is 268 g/mol. The summed E-state index contributed by atoms with van der Waals surface area (Å²) in [6.07, 6.45) is 1.63. The smallest absolute Gasteiger partial charge is 0.153 e. The highest BCUT2D eigenvalue weighted by atomic mass is 16.5. The molecule has 0 bridgehead atoms. The Morgan fingerprint density at radius 1 is 1.35 bits per heavy atom. The Balaban J connectivity index is 1.80. The maximum atomic E-state index is 5.82. The first-order valence-corrected chi connectivity index (χ1v) is 6.50. The van der Waals surface area contributed by atoms with Gasteiger partial charge in [-0.05, 0) is 31.2 Å². The molecule has 2 heterocycles. The lowest BCUT2D eigenvalue weighted by molar-refractivity contribution is 0.282. The van der Waals surface area contributed by atoms with Crippen molar-refractivity contribution in [2.24, 2.45) is 4.99 Å². The van der Waals surface area contributed by atoms with Gasteiger partial charge in [0.25, 0.3) is 0 Å². The molecule has 0 fully saturated rings. The van der Waals surface area contributed by atoms with Gasteiger partial charge in [0.15, 0.2) is 6.10 Å². The number of pyridine rings is 1. The van der Waals surface area contributed by atoms with E-state index >= 15 is 0 Å². The van der Waals surface area contributed by atoms with Crippen LogP contribution in [0, 0.1) is 0 Å². The molecule has 1 aliphatic heterocycles. The Hall–Kier alpha value is -2.56. The number of amidine groups is 1. The van der Waals surface area contributed by atoms with Crippen molar-refractivity contribution in [3.8, 4) is 5.75 Å². The first kappa shape index (κ1) is 12.5. The molecule has 2 aromatic rings. The van der Waals surface area contributed by atoms with Crippen LogP contribution >= 0.6 is 0 Å². The first-order valence-electron chi connectivity index (χ1n) is 6.50. The fourth-order valence-corrected chi connectivity index (χ4v) is 2.05. The lowest BCUT2D eigenvalue weighted by Gasteiger charge is -2.26. The Morgan fingerprint density at radius 2 is 2.25 bits per heavy atom. The van der Waals surface area contributed by atoms with Crippen LogP contribution in [0.4, 0.5) is 11.4 Å². The number of nitrogens with one attached hydrogen (secondary N) is 1. The fourth-order valence-electron chi connectivity index (χ4n) is 2.05. The van der Waals surface area contributed by atoms with Crippen molar-refractivity contribution in [1.82, 2.24) is 4.98 Å². The summed E-state index contributed by atoms with van der Waals surface area (Å²) >= 11 is 0. The molecule has 0 spiro atoms. The summed E-state index contributed by atoms with van der Waals surface area (Å²) < 4.78 is 5.82. The molecule has 20 heavy (non-hydrogen) atoms. The van der Waals surface area contributed by atoms with E-state index in [-0.39, 0.29) is 6.10 Å². The van der Waals surface area contributed by atoms with Crippen LogP contribution < -0.4 is 15.8 Å². The highest BCUT2D eigenvalue weighted by Gasteiger charge is 2.21. The van der Waals surface area contributed by atoms with Gasteiger partial charge in [0.05, 0.1) is 17.9 Å². The quantitative estimate of drug-likeness (QED) is 0.821. The number of benzene rings is 1. The van der Waals surface area contributed by atoms with Gasteiger partial charge in [-0.15, -0.1) is 0 Å². The predicted molar refractivity (Wildman–Crippen MR) is 79.9 cm³/mol. The number of nitrogens with two attached hydrogens (primary N) is 1. The van der Waals surface area contributed by atoms with E-state index in [1.165, 1.54) is 0 Å². The average Bonchev–Trinajstić information content (AvgIpc) is 2.46. The Bertz CT molecular complexity index is 640. The Kier molecular flexibility index (Phi) is 3.25. The minimum Gasteiger partial charge on any atom is -0.481 e. The normalized spacial score (nSPS) is 19.1. The number of aromatic nitrogens is 1. The lowest BCUT2D eigenvalue weighted by Crippen LogP contribution is -2.35. The zero-order valence-corrected chi connectivity index (χ0v) is 11.2. The van der Waals surface area contributed by atoms with Gasteiger partial charge in [-0.25, -0.2) is 0 Å². The van der Waals surface area contributed by atoms with E-state index in [9.17, 15) is 0 Å². The van der Waals surface area contributed by atoms with E-state index in [1.807, 2.05) is 43.3 Å². The molecule has 0 amide bonds. The van der Waals surface area contributed by atoms with Crippen LogP contribution in [-0.2, 0) is 6.54 Å². The highest BCUT2D eigenvalue weighted by molar-refractivity contribution is 6.01. The van der Waals surface area contributed by atoms with Crippen molar-refractivity contribution in [2.75, 3.05) is 11.1 Å². The number of hydrogen-bond acceptors (Lipinski definition) is 4. The standard InChI is InChI=1S/C15H16N4O/c1-10-15(18-9-12-4-2-3-7-17-12)19-13-6-5-11(16)8-14(13)20-10/h2-8,10H,9,16H2,1H3,(H,18,19). The zero-order chi connectivity index (χ0) is 13.9. The molecule has 3 rings (SSSR count). The summed E-state index contributed by atoms with van der Waals surface area (Å²) in [5.74, 6) is 1.56. The van der Waals surface area contributed by atoms with Gasteiger partial charge in [-0.2, -0.15) is 0 Å². The molecule has 102 valence electrons. The van der Waals surface area contributed by atoms with Crippen LogP contribution in [0.1, 0.15) is 12.6 Å². The van der Waals surface area contributed by atoms with Crippen molar-refractivity contribution < 1.29 is 4.74 Å². The van der Waals surface area contributed by atoms with Crippen LogP contribution in [0.3, 0.4) is 0 Å². The fraction of sp³-hybridized carbons (Fsp3) is 0.200. The van der Waals surface area contributed by atoms with E-state index in [1.54, 1.807) is 6.20 Å². The van der Waals surface area contributed by atoms with Gasteiger partial charge in [0.2, 0.25) is 0 Å². The zero-order valence-electron chi connectivity index (χ0n) is 11.2. The Morgan fingerprint density at radius 3 is 3.05 bits per heavy atom. The number of nitrogens with zero attached hydrogens (tertiary/aromatic N) is 2. The first-order chi connectivity index (χ1) is 9.72. The number of aliphatic imine (C=N–C) groups is 1. The van der Waals surface area contributed by atoms with Crippen molar-refractivity contribution in [3.63, 3.8) is 0 Å².